The molecule has 25 heavy (non-hydrogen) atoms. The molecule has 0 spiro atoms. The summed E-state index contributed by atoms with van der Waals surface area (Å²) in [5.41, 5.74) is 0.750. The van der Waals surface area contributed by atoms with E-state index < -0.39 is 30.9 Å². The van der Waals surface area contributed by atoms with Gasteiger partial charge in [0.2, 0.25) is 0 Å². The molecule has 0 bridgehead atoms. The number of carbonyl (C=O) groups is 2. The summed E-state index contributed by atoms with van der Waals surface area (Å²) in [6, 6.07) is 7.70. The van der Waals surface area contributed by atoms with Crippen molar-refractivity contribution >= 4 is 12.1 Å². The number of benzene rings is 1. The van der Waals surface area contributed by atoms with E-state index in [1.54, 1.807) is 24.3 Å². The second-order valence-corrected chi connectivity index (χ2v) is 5.48. The number of unbranched alkanes of at least 4 members (excludes halogenated alkanes) is 2. The first-order chi connectivity index (χ1) is 11.8. The fourth-order valence-corrected chi connectivity index (χ4v) is 2.01. The van der Waals surface area contributed by atoms with E-state index in [1.807, 2.05) is 13.0 Å². The van der Waals surface area contributed by atoms with Crippen molar-refractivity contribution in [2.75, 3.05) is 6.61 Å². The van der Waals surface area contributed by atoms with Crippen LogP contribution in [-0.2, 0) is 20.9 Å². The number of carbonyl (C=O) groups excluding carboxylic acids is 2. The van der Waals surface area contributed by atoms with Gasteiger partial charge in [-0.05, 0) is 12.0 Å². The van der Waals surface area contributed by atoms with Crippen molar-refractivity contribution in [3.63, 3.8) is 0 Å². The molecule has 0 aliphatic carbocycles. The summed E-state index contributed by atoms with van der Waals surface area (Å²) in [5.74, 6) is -1.12. The molecule has 1 amide bonds. The molecule has 1 aromatic rings. The largest absolute Gasteiger partial charge is 0.455 e. The Bertz CT molecular complexity index is 534. The molecule has 0 saturated carbocycles. The van der Waals surface area contributed by atoms with Gasteiger partial charge in [-0.2, -0.15) is 13.2 Å². The highest BCUT2D eigenvalue weighted by Crippen LogP contribution is 2.15. The summed E-state index contributed by atoms with van der Waals surface area (Å²) >= 11 is 0. The van der Waals surface area contributed by atoms with Gasteiger partial charge in [-0.1, -0.05) is 56.5 Å². The van der Waals surface area contributed by atoms with Gasteiger partial charge in [0.15, 0.2) is 6.61 Å². The van der Waals surface area contributed by atoms with Gasteiger partial charge in [0.05, 0.1) is 0 Å². The molecule has 8 heteroatoms. The molecule has 0 radical (unpaired) electrons. The number of ether oxygens (including phenoxy) is 2. The lowest BCUT2D eigenvalue weighted by Crippen LogP contribution is -2.43. The average Bonchev–Trinajstić information content (AvgIpc) is 2.57. The topological polar surface area (TPSA) is 64.6 Å². The number of amides is 1. The SMILES string of the molecule is CCCCC[C@@H](NC(=O)OCc1ccccc1)C(=O)OCC(F)(F)F. The van der Waals surface area contributed by atoms with Crippen LogP contribution in [0.25, 0.3) is 0 Å². The van der Waals surface area contributed by atoms with E-state index >= 15 is 0 Å². The maximum atomic E-state index is 12.2. The molecule has 0 fully saturated rings. The van der Waals surface area contributed by atoms with E-state index in [0.29, 0.717) is 6.42 Å². The molecule has 0 heterocycles. The highest BCUT2D eigenvalue weighted by Gasteiger charge is 2.32. The number of esters is 1. The maximum Gasteiger partial charge on any atom is 0.422 e. The molecular weight excluding hydrogens is 339 g/mol. The molecule has 0 aliphatic rings. The Morgan fingerprint density at radius 1 is 1.12 bits per heavy atom. The molecular formula is C17H22F3NO4. The highest BCUT2D eigenvalue weighted by molar-refractivity contribution is 5.81. The van der Waals surface area contributed by atoms with E-state index in [9.17, 15) is 22.8 Å². The minimum absolute atomic E-state index is 0.00798. The van der Waals surface area contributed by atoms with Crippen LogP contribution in [0.5, 0.6) is 0 Å². The third kappa shape index (κ3) is 9.59. The van der Waals surface area contributed by atoms with Gasteiger partial charge in [-0.15, -0.1) is 0 Å². The molecule has 1 rings (SSSR count). The van der Waals surface area contributed by atoms with Gasteiger partial charge < -0.3 is 14.8 Å². The molecule has 140 valence electrons. The zero-order chi connectivity index (χ0) is 18.7. The summed E-state index contributed by atoms with van der Waals surface area (Å²) in [7, 11) is 0. The lowest BCUT2D eigenvalue weighted by molar-refractivity contribution is -0.187. The first kappa shape index (κ1) is 20.8. The van der Waals surface area contributed by atoms with Crippen molar-refractivity contribution in [2.24, 2.45) is 0 Å². The van der Waals surface area contributed by atoms with Crippen LogP contribution >= 0.6 is 0 Å². The van der Waals surface area contributed by atoms with Gasteiger partial charge in [0.1, 0.15) is 12.6 Å². The quantitative estimate of drug-likeness (QED) is 0.534. The number of hydrogen-bond donors (Lipinski definition) is 1. The Balaban J connectivity index is 2.52. The van der Waals surface area contributed by atoms with Crippen LogP contribution in [0, 0.1) is 0 Å². The van der Waals surface area contributed by atoms with E-state index in [-0.39, 0.29) is 13.0 Å². The summed E-state index contributed by atoms with van der Waals surface area (Å²) in [6.07, 6.45) is -3.09. The Kier molecular flexibility index (Phi) is 8.80. The van der Waals surface area contributed by atoms with E-state index in [1.165, 1.54) is 0 Å². The van der Waals surface area contributed by atoms with Gasteiger partial charge in [0.25, 0.3) is 0 Å². The number of alkyl halides is 3. The van der Waals surface area contributed by atoms with Crippen LogP contribution in [0.4, 0.5) is 18.0 Å². The van der Waals surface area contributed by atoms with Crippen molar-refractivity contribution in [1.82, 2.24) is 5.32 Å². The van der Waals surface area contributed by atoms with Crippen molar-refractivity contribution in [2.45, 2.75) is 51.4 Å². The molecule has 1 N–H and O–H groups in total. The summed E-state index contributed by atoms with van der Waals surface area (Å²) in [4.78, 5) is 23.6. The molecule has 1 atom stereocenters. The van der Waals surface area contributed by atoms with Crippen LogP contribution in [0.15, 0.2) is 30.3 Å². The Labute approximate surface area is 144 Å². The third-order valence-corrected chi connectivity index (χ3v) is 3.26. The van der Waals surface area contributed by atoms with E-state index in [4.69, 9.17) is 4.74 Å². The highest BCUT2D eigenvalue weighted by atomic mass is 19.4. The van der Waals surface area contributed by atoms with Crippen molar-refractivity contribution in [1.29, 1.82) is 0 Å². The van der Waals surface area contributed by atoms with Crippen LogP contribution < -0.4 is 5.32 Å². The van der Waals surface area contributed by atoms with E-state index in [2.05, 4.69) is 10.1 Å². The summed E-state index contributed by atoms with van der Waals surface area (Å²) in [6.45, 7) is 0.251. The molecule has 5 nitrogen and oxygen atoms in total. The predicted molar refractivity (Wildman–Crippen MR) is 84.7 cm³/mol. The average molecular weight is 361 g/mol. The first-order valence-corrected chi connectivity index (χ1v) is 8.02. The van der Waals surface area contributed by atoms with Crippen molar-refractivity contribution < 1.29 is 32.2 Å². The molecule has 0 aliphatic heterocycles. The van der Waals surface area contributed by atoms with Crippen molar-refractivity contribution in [3.05, 3.63) is 35.9 Å². The van der Waals surface area contributed by atoms with Crippen LogP contribution in [0.2, 0.25) is 0 Å². The van der Waals surface area contributed by atoms with Gasteiger partial charge in [-0.3, -0.25) is 0 Å². The zero-order valence-electron chi connectivity index (χ0n) is 14.0. The zero-order valence-corrected chi connectivity index (χ0v) is 14.0. The molecule has 0 aromatic heterocycles. The fourth-order valence-electron chi connectivity index (χ4n) is 2.01. The monoisotopic (exact) mass is 361 g/mol. The maximum absolute atomic E-state index is 12.2. The number of hydrogen-bond acceptors (Lipinski definition) is 4. The minimum Gasteiger partial charge on any atom is -0.455 e. The normalized spacial score (nSPS) is 12.3. The van der Waals surface area contributed by atoms with E-state index in [0.717, 1.165) is 18.4 Å². The number of rotatable bonds is 9. The summed E-state index contributed by atoms with van der Waals surface area (Å²) < 4.78 is 45.7. The number of nitrogens with one attached hydrogen (secondary N) is 1. The number of halogens is 3. The fraction of sp³-hybridized carbons (Fsp3) is 0.529. The standard InChI is InChI=1S/C17H22F3NO4/c1-2-3-5-10-14(15(22)25-12-17(18,19)20)21-16(23)24-11-13-8-6-4-7-9-13/h4,6-9,14H,2-3,5,10-12H2,1H3,(H,21,23)/t14-/m1/s1. The van der Waals surface area contributed by atoms with Gasteiger partial charge in [0, 0.05) is 0 Å². The molecule has 1 aromatic carbocycles. The molecule has 0 saturated heterocycles. The smallest absolute Gasteiger partial charge is 0.422 e. The molecule has 0 unspecified atom stereocenters. The Hall–Kier alpha value is -2.25. The van der Waals surface area contributed by atoms with Crippen LogP contribution in [-0.4, -0.2) is 30.9 Å². The lowest BCUT2D eigenvalue weighted by Gasteiger charge is -2.18. The summed E-state index contributed by atoms with van der Waals surface area (Å²) in [5, 5.41) is 2.28. The van der Waals surface area contributed by atoms with Crippen LogP contribution in [0.1, 0.15) is 38.2 Å². The predicted octanol–water partition coefficient (Wildman–Crippen LogP) is 3.97. The first-order valence-electron chi connectivity index (χ1n) is 8.02. The van der Waals surface area contributed by atoms with Crippen LogP contribution in [0.3, 0.4) is 0 Å². The Morgan fingerprint density at radius 2 is 1.80 bits per heavy atom. The second-order valence-electron chi connectivity index (χ2n) is 5.48. The minimum atomic E-state index is -4.61. The third-order valence-electron chi connectivity index (χ3n) is 3.26. The number of alkyl carbamates (subject to hydrolysis) is 1. The second kappa shape index (κ2) is 10.6. The van der Waals surface area contributed by atoms with Crippen molar-refractivity contribution in [3.8, 4) is 0 Å². The Morgan fingerprint density at radius 3 is 2.40 bits per heavy atom. The van der Waals surface area contributed by atoms with Gasteiger partial charge in [-0.25, -0.2) is 9.59 Å². The lowest BCUT2D eigenvalue weighted by atomic mass is 10.1. The van der Waals surface area contributed by atoms with Gasteiger partial charge >= 0.3 is 18.2 Å².